The van der Waals surface area contributed by atoms with Gasteiger partial charge in [-0.15, -0.1) is 12.4 Å². The third kappa shape index (κ3) is 5.57. The molecule has 2 heterocycles. The maximum atomic E-state index is 13.5. The summed E-state index contributed by atoms with van der Waals surface area (Å²) in [5.74, 6) is -0.0498. The lowest BCUT2D eigenvalue weighted by Gasteiger charge is -2.22. The minimum absolute atomic E-state index is 0. The molecule has 1 aromatic carbocycles. The summed E-state index contributed by atoms with van der Waals surface area (Å²) in [6.07, 6.45) is 0.868. The molecule has 3 aromatic rings. The number of amides is 1. The summed E-state index contributed by atoms with van der Waals surface area (Å²) >= 11 is 5.05. The van der Waals surface area contributed by atoms with E-state index in [9.17, 15) is 4.79 Å². The topological polar surface area (TPSA) is 54.3 Å². The summed E-state index contributed by atoms with van der Waals surface area (Å²) < 4.78 is 3.87. The quantitative estimate of drug-likeness (QED) is 0.449. The first-order valence-electron chi connectivity index (χ1n) is 9.35. The van der Waals surface area contributed by atoms with Crippen molar-refractivity contribution in [2.75, 3.05) is 32.1 Å². The van der Waals surface area contributed by atoms with Crippen LogP contribution in [0.5, 0.6) is 0 Å². The highest BCUT2D eigenvalue weighted by atomic mass is 79.9. The Morgan fingerprint density at radius 3 is 2.62 bits per heavy atom. The Labute approximate surface area is 190 Å². The van der Waals surface area contributed by atoms with Crippen molar-refractivity contribution in [3.8, 4) is 0 Å². The molecule has 6 nitrogen and oxygen atoms in total. The number of aromatic nitrogens is 3. The Balaban J connectivity index is 0.00000300. The molecule has 158 valence electrons. The number of carbonyl (C=O) groups is 1. The molecule has 0 aliphatic carbocycles. The Bertz CT molecular complexity index is 985. The average molecular weight is 501 g/mol. The molecule has 0 atom stereocenters. The average Bonchev–Trinajstić information content (AvgIpc) is 3.21. The predicted molar refractivity (Wildman–Crippen MR) is 127 cm³/mol. The van der Waals surface area contributed by atoms with Crippen LogP contribution in [0.1, 0.15) is 42.5 Å². The van der Waals surface area contributed by atoms with Gasteiger partial charge in [-0.1, -0.05) is 27.3 Å². The molecule has 0 unspecified atom stereocenters. The van der Waals surface area contributed by atoms with E-state index in [-0.39, 0.29) is 24.4 Å². The number of rotatable bonds is 7. The first-order valence-corrected chi connectivity index (χ1v) is 11.0. The van der Waals surface area contributed by atoms with E-state index in [2.05, 4.69) is 25.9 Å². The van der Waals surface area contributed by atoms with Gasteiger partial charge in [-0.25, -0.2) is 4.98 Å². The summed E-state index contributed by atoms with van der Waals surface area (Å²) in [7, 11) is 4.08. The van der Waals surface area contributed by atoms with Crippen LogP contribution in [0.4, 0.5) is 5.13 Å². The van der Waals surface area contributed by atoms with Crippen LogP contribution < -0.4 is 4.90 Å². The fourth-order valence-electron chi connectivity index (χ4n) is 3.04. The number of nitrogens with zero attached hydrogens (tertiary/aromatic N) is 5. The molecule has 0 bridgehead atoms. The third-order valence-corrected chi connectivity index (χ3v) is 5.90. The second kappa shape index (κ2) is 10.0. The molecule has 2 aromatic heterocycles. The highest BCUT2D eigenvalue weighted by Crippen LogP contribution is 2.32. The van der Waals surface area contributed by atoms with Crippen molar-refractivity contribution < 1.29 is 4.79 Å². The smallest absolute Gasteiger partial charge is 0.278 e. The van der Waals surface area contributed by atoms with Gasteiger partial charge in [-0.3, -0.25) is 14.4 Å². The van der Waals surface area contributed by atoms with Crippen LogP contribution in [0.2, 0.25) is 0 Å². The maximum Gasteiger partial charge on any atom is 0.278 e. The number of anilines is 1. The molecule has 0 fully saturated rings. The normalized spacial score (nSPS) is 11.3. The summed E-state index contributed by atoms with van der Waals surface area (Å²) in [5.41, 5.74) is 2.36. The van der Waals surface area contributed by atoms with Crippen molar-refractivity contribution in [1.29, 1.82) is 0 Å². The lowest BCUT2D eigenvalue weighted by Crippen LogP contribution is -2.35. The molecular weight excluding hydrogens is 474 g/mol. The van der Waals surface area contributed by atoms with Crippen LogP contribution >= 0.6 is 39.7 Å². The van der Waals surface area contributed by atoms with E-state index in [0.717, 1.165) is 38.5 Å². The third-order valence-electron chi connectivity index (χ3n) is 4.37. The zero-order chi connectivity index (χ0) is 20.4. The van der Waals surface area contributed by atoms with Crippen LogP contribution in [-0.4, -0.2) is 52.8 Å². The molecule has 1 amide bonds. The van der Waals surface area contributed by atoms with Gasteiger partial charge in [0.15, 0.2) is 5.13 Å². The van der Waals surface area contributed by atoms with Gasteiger partial charge in [-0.2, -0.15) is 5.10 Å². The van der Waals surface area contributed by atoms with Crippen molar-refractivity contribution in [3.63, 3.8) is 0 Å². The SMILES string of the molecule is Cc1cc(C(=O)N(CCCN(C)C)c2nc3ccc(Br)cc3s2)n(C(C)C)n1.Cl. The molecule has 9 heteroatoms. The highest BCUT2D eigenvalue weighted by Gasteiger charge is 2.25. The summed E-state index contributed by atoms with van der Waals surface area (Å²) in [4.78, 5) is 22.2. The van der Waals surface area contributed by atoms with E-state index in [1.807, 2.05) is 59.1 Å². The highest BCUT2D eigenvalue weighted by molar-refractivity contribution is 9.10. The van der Waals surface area contributed by atoms with E-state index in [0.29, 0.717) is 12.2 Å². The standard InChI is InChI=1S/C20H26BrN5OS.ClH/c1-13(2)26-17(11-14(3)23-26)19(27)25(10-6-9-24(4)5)20-22-16-8-7-15(21)12-18(16)28-20;/h7-8,11-13H,6,9-10H2,1-5H3;1H. The molecule has 29 heavy (non-hydrogen) atoms. The van der Waals surface area contributed by atoms with Crippen molar-refractivity contribution in [2.24, 2.45) is 0 Å². The number of halogens is 2. The van der Waals surface area contributed by atoms with Gasteiger partial charge in [0, 0.05) is 17.1 Å². The summed E-state index contributed by atoms with van der Waals surface area (Å²) in [6, 6.07) is 7.97. The monoisotopic (exact) mass is 499 g/mol. The minimum Gasteiger partial charge on any atom is -0.309 e. The number of thiazole rings is 1. The Morgan fingerprint density at radius 1 is 1.24 bits per heavy atom. The number of aryl methyl sites for hydroxylation is 1. The lowest BCUT2D eigenvalue weighted by atomic mass is 10.3. The molecule has 0 saturated carbocycles. The molecule has 3 rings (SSSR count). The lowest BCUT2D eigenvalue weighted by molar-refractivity contribution is 0.0974. The number of hydrogen-bond donors (Lipinski definition) is 0. The van der Waals surface area contributed by atoms with Crippen molar-refractivity contribution in [1.82, 2.24) is 19.7 Å². The van der Waals surface area contributed by atoms with Crippen LogP contribution in [-0.2, 0) is 0 Å². The Hall–Kier alpha value is -1.48. The fraction of sp³-hybridized carbons (Fsp3) is 0.450. The van der Waals surface area contributed by atoms with E-state index >= 15 is 0 Å². The zero-order valence-corrected chi connectivity index (χ0v) is 20.6. The van der Waals surface area contributed by atoms with E-state index in [1.54, 1.807) is 20.9 Å². The first-order chi connectivity index (χ1) is 13.3. The molecule has 0 spiro atoms. The van der Waals surface area contributed by atoms with Crippen LogP contribution in [0.15, 0.2) is 28.7 Å². The second-order valence-corrected chi connectivity index (χ2v) is 9.36. The maximum absolute atomic E-state index is 13.5. The first kappa shape index (κ1) is 23.8. The molecule has 0 radical (unpaired) electrons. The second-order valence-electron chi connectivity index (χ2n) is 7.43. The zero-order valence-electron chi connectivity index (χ0n) is 17.3. The number of carbonyl (C=O) groups excluding carboxylic acids is 1. The van der Waals surface area contributed by atoms with Gasteiger partial charge in [-0.05, 0) is 72.1 Å². The van der Waals surface area contributed by atoms with Crippen LogP contribution in [0, 0.1) is 6.92 Å². The molecule has 0 saturated heterocycles. The molecular formula is C20H27BrClN5OS. The van der Waals surface area contributed by atoms with Crippen molar-refractivity contribution in [3.05, 3.63) is 40.1 Å². The summed E-state index contributed by atoms with van der Waals surface area (Å²) in [5, 5.41) is 5.24. The van der Waals surface area contributed by atoms with E-state index < -0.39 is 0 Å². The fourth-order valence-corrected chi connectivity index (χ4v) is 4.58. The van der Waals surface area contributed by atoms with Crippen LogP contribution in [0.25, 0.3) is 10.2 Å². The largest absolute Gasteiger partial charge is 0.309 e. The van der Waals surface area contributed by atoms with Crippen LogP contribution in [0.3, 0.4) is 0 Å². The Morgan fingerprint density at radius 2 is 1.97 bits per heavy atom. The number of hydrogen-bond acceptors (Lipinski definition) is 5. The molecule has 0 N–H and O–H groups in total. The molecule has 0 aliphatic rings. The van der Waals surface area contributed by atoms with Gasteiger partial charge in [0.1, 0.15) is 5.69 Å². The number of fused-ring (bicyclic) bond motifs is 1. The van der Waals surface area contributed by atoms with Gasteiger partial charge < -0.3 is 4.90 Å². The van der Waals surface area contributed by atoms with E-state index in [4.69, 9.17) is 4.98 Å². The Kier molecular flexibility index (Phi) is 8.22. The summed E-state index contributed by atoms with van der Waals surface area (Å²) in [6.45, 7) is 7.51. The van der Waals surface area contributed by atoms with Gasteiger partial charge in [0.2, 0.25) is 0 Å². The predicted octanol–water partition coefficient (Wildman–Crippen LogP) is 5.16. The molecule has 0 aliphatic heterocycles. The minimum atomic E-state index is -0.0498. The van der Waals surface area contributed by atoms with Gasteiger partial charge in [0.25, 0.3) is 5.91 Å². The van der Waals surface area contributed by atoms with Crippen molar-refractivity contribution in [2.45, 2.75) is 33.2 Å². The number of benzene rings is 1. The van der Waals surface area contributed by atoms with Gasteiger partial charge >= 0.3 is 0 Å². The van der Waals surface area contributed by atoms with E-state index in [1.165, 1.54) is 0 Å². The van der Waals surface area contributed by atoms with Crippen molar-refractivity contribution >= 4 is 60.9 Å². The van der Waals surface area contributed by atoms with Gasteiger partial charge in [0.05, 0.1) is 15.9 Å².